The molecule has 3 rings (SSSR count). The van der Waals surface area contributed by atoms with E-state index in [1.54, 1.807) is 12.1 Å². The fraction of sp³-hybridized carbons (Fsp3) is 0. The van der Waals surface area contributed by atoms with Gasteiger partial charge < -0.3 is 14.3 Å². The zero-order valence-electron chi connectivity index (χ0n) is 11.6. The van der Waals surface area contributed by atoms with E-state index in [1.807, 2.05) is 0 Å². The second kappa shape index (κ2) is 5.41. The summed E-state index contributed by atoms with van der Waals surface area (Å²) in [5.41, 5.74) is 7.08. The van der Waals surface area contributed by atoms with Gasteiger partial charge >= 0.3 is 10.4 Å². The van der Waals surface area contributed by atoms with E-state index in [2.05, 4.69) is 4.18 Å². The van der Waals surface area contributed by atoms with E-state index in [1.165, 1.54) is 36.6 Å². The Bertz CT molecular complexity index is 1040. The molecule has 0 saturated carbocycles. The van der Waals surface area contributed by atoms with Crippen LogP contribution in [-0.4, -0.2) is 13.0 Å². The molecule has 8 heteroatoms. The van der Waals surface area contributed by atoms with Crippen LogP contribution >= 0.6 is 0 Å². The van der Waals surface area contributed by atoms with Crippen molar-refractivity contribution in [3.8, 4) is 16.9 Å². The maximum absolute atomic E-state index is 12.5. The number of fused-ring (bicyclic) bond motifs is 1. The summed E-state index contributed by atoms with van der Waals surface area (Å²) < 4.78 is 39.6. The molecule has 0 fully saturated rings. The van der Waals surface area contributed by atoms with Crippen LogP contribution in [0.1, 0.15) is 0 Å². The zero-order valence-corrected chi connectivity index (χ0v) is 12.4. The molecule has 1 aromatic heterocycles. The highest BCUT2D eigenvalue weighted by Crippen LogP contribution is 2.23. The van der Waals surface area contributed by atoms with Gasteiger partial charge in [0.15, 0.2) is 0 Å². The van der Waals surface area contributed by atoms with Crippen molar-refractivity contribution in [3.05, 3.63) is 59.0 Å². The average Bonchev–Trinajstić information content (AvgIpc) is 2.48. The van der Waals surface area contributed by atoms with Gasteiger partial charge in [0.05, 0.1) is 10.9 Å². The Morgan fingerprint density at radius 2 is 1.78 bits per heavy atom. The summed E-state index contributed by atoms with van der Waals surface area (Å²) >= 11 is 0. The topological polar surface area (TPSA) is 120 Å². The Morgan fingerprint density at radius 1 is 1.09 bits per heavy atom. The fourth-order valence-corrected chi connectivity index (χ4v) is 2.51. The van der Waals surface area contributed by atoms with Crippen LogP contribution < -0.4 is 15.3 Å². The monoisotopic (exact) mass is 333 g/mol. The number of hydrogen-bond donors (Lipinski definition) is 2. The van der Waals surface area contributed by atoms with Crippen molar-refractivity contribution < 1.29 is 21.6 Å². The molecule has 0 amide bonds. The van der Waals surface area contributed by atoms with Crippen molar-refractivity contribution in [3.63, 3.8) is 0 Å². The highest BCUT2D eigenvalue weighted by atomic mass is 32.3. The van der Waals surface area contributed by atoms with Crippen LogP contribution in [0.5, 0.6) is 5.75 Å². The molecule has 2 aromatic carbocycles. The van der Waals surface area contributed by atoms with E-state index in [0.29, 0.717) is 27.8 Å². The number of nitrogens with two attached hydrogens (primary N) is 1. The predicted octanol–water partition coefficient (Wildman–Crippen LogP) is 2.22. The van der Waals surface area contributed by atoms with Crippen LogP contribution in [-0.2, 0) is 10.4 Å². The summed E-state index contributed by atoms with van der Waals surface area (Å²) in [4.78, 5) is 12.5. The third kappa shape index (κ3) is 3.17. The molecular formula is C15H11NO6S. The quantitative estimate of drug-likeness (QED) is 0.557. The molecule has 0 saturated heterocycles. The second-order valence-corrected chi connectivity index (χ2v) is 5.79. The van der Waals surface area contributed by atoms with Gasteiger partial charge in [-0.15, -0.1) is 0 Å². The van der Waals surface area contributed by atoms with Gasteiger partial charge in [0, 0.05) is 5.69 Å². The lowest BCUT2D eigenvalue weighted by Crippen LogP contribution is -2.07. The van der Waals surface area contributed by atoms with Gasteiger partial charge in [-0.2, -0.15) is 8.42 Å². The number of benzene rings is 2. The largest absolute Gasteiger partial charge is 0.463 e. The van der Waals surface area contributed by atoms with Crippen LogP contribution in [0.2, 0.25) is 0 Å². The highest BCUT2D eigenvalue weighted by molar-refractivity contribution is 7.81. The van der Waals surface area contributed by atoms with Gasteiger partial charge in [0.1, 0.15) is 17.6 Å². The highest BCUT2D eigenvalue weighted by Gasteiger charge is 2.11. The first-order valence-corrected chi connectivity index (χ1v) is 7.78. The van der Waals surface area contributed by atoms with Crippen LogP contribution in [0.25, 0.3) is 22.1 Å². The molecular weight excluding hydrogens is 322 g/mol. The van der Waals surface area contributed by atoms with Gasteiger partial charge in [0.2, 0.25) is 5.43 Å². The predicted molar refractivity (Wildman–Crippen MR) is 84.5 cm³/mol. The fourth-order valence-electron chi connectivity index (χ4n) is 2.16. The van der Waals surface area contributed by atoms with Crippen LogP contribution in [0.15, 0.2) is 57.9 Å². The van der Waals surface area contributed by atoms with E-state index in [-0.39, 0.29) is 11.2 Å². The second-order valence-electron chi connectivity index (χ2n) is 4.77. The van der Waals surface area contributed by atoms with E-state index >= 15 is 0 Å². The van der Waals surface area contributed by atoms with E-state index < -0.39 is 10.4 Å². The SMILES string of the molecule is Nc1ccc2occ(-c3ccc(OS(=O)(=O)O)cc3)c(=O)c2c1. The molecule has 0 spiro atoms. The maximum atomic E-state index is 12.5. The first kappa shape index (κ1) is 15.1. The average molecular weight is 333 g/mol. The maximum Gasteiger partial charge on any atom is 0.446 e. The first-order valence-electron chi connectivity index (χ1n) is 6.42. The number of rotatable bonds is 3. The molecule has 0 aliphatic rings. The Labute approximate surface area is 130 Å². The molecule has 3 N–H and O–H groups in total. The summed E-state index contributed by atoms with van der Waals surface area (Å²) in [6.45, 7) is 0. The van der Waals surface area contributed by atoms with Gasteiger partial charge in [-0.1, -0.05) is 12.1 Å². The minimum Gasteiger partial charge on any atom is -0.463 e. The van der Waals surface area contributed by atoms with Crippen molar-refractivity contribution in [2.45, 2.75) is 0 Å². The molecule has 0 bridgehead atoms. The Hall–Kier alpha value is -2.84. The van der Waals surface area contributed by atoms with Crippen molar-refractivity contribution in [2.75, 3.05) is 5.73 Å². The normalized spacial score (nSPS) is 11.5. The molecule has 3 aromatic rings. The van der Waals surface area contributed by atoms with E-state index in [0.717, 1.165) is 0 Å². The summed E-state index contributed by atoms with van der Waals surface area (Å²) in [6, 6.07) is 10.3. The molecule has 23 heavy (non-hydrogen) atoms. The summed E-state index contributed by atoms with van der Waals surface area (Å²) in [5, 5.41) is 0.348. The van der Waals surface area contributed by atoms with Crippen LogP contribution in [0.4, 0.5) is 5.69 Å². The standard InChI is InChI=1S/C15H11NO6S/c16-10-3-6-14-12(7-10)15(17)13(8-21-14)9-1-4-11(5-2-9)22-23(18,19)20/h1-8H,16H2,(H,18,19,20). The van der Waals surface area contributed by atoms with Crippen LogP contribution in [0, 0.1) is 0 Å². The van der Waals surface area contributed by atoms with E-state index in [9.17, 15) is 13.2 Å². The molecule has 118 valence electrons. The Kier molecular flexibility index (Phi) is 3.55. The van der Waals surface area contributed by atoms with Crippen molar-refractivity contribution in [2.24, 2.45) is 0 Å². The van der Waals surface area contributed by atoms with E-state index in [4.69, 9.17) is 14.7 Å². The third-order valence-electron chi connectivity index (χ3n) is 3.16. The molecule has 0 atom stereocenters. The number of anilines is 1. The molecule has 0 aliphatic heterocycles. The van der Waals surface area contributed by atoms with Crippen molar-refractivity contribution >= 4 is 27.1 Å². The Balaban J connectivity index is 2.07. The summed E-state index contributed by atoms with van der Waals surface area (Å²) in [6.07, 6.45) is 1.32. The minimum absolute atomic E-state index is 0.0781. The lowest BCUT2D eigenvalue weighted by Gasteiger charge is -2.05. The molecule has 0 aliphatic carbocycles. The van der Waals surface area contributed by atoms with Gasteiger partial charge in [-0.05, 0) is 35.9 Å². The molecule has 1 heterocycles. The summed E-state index contributed by atoms with van der Waals surface area (Å²) in [5.74, 6) is -0.0781. The molecule has 0 radical (unpaired) electrons. The Morgan fingerprint density at radius 3 is 2.43 bits per heavy atom. The van der Waals surface area contributed by atoms with Crippen molar-refractivity contribution in [1.29, 1.82) is 0 Å². The van der Waals surface area contributed by atoms with Gasteiger partial charge in [-0.3, -0.25) is 9.35 Å². The number of hydrogen-bond acceptors (Lipinski definition) is 6. The molecule has 0 unspecified atom stereocenters. The van der Waals surface area contributed by atoms with Crippen molar-refractivity contribution in [1.82, 2.24) is 0 Å². The third-order valence-corrected chi connectivity index (χ3v) is 3.57. The van der Waals surface area contributed by atoms with Gasteiger partial charge in [0.25, 0.3) is 0 Å². The smallest absolute Gasteiger partial charge is 0.446 e. The summed E-state index contributed by atoms with van der Waals surface area (Å²) in [7, 11) is -4.59. The number of nitrogen functional groups attached to an aromatic ring is 1. The van der Waals surface area contributed by atoms with Gasteiger partial charge in [-0.25, -0.2) is 0 Å². The lowest BCUT2D eigenvalue weighted by molar-refractivity contribution is 0.387. The molecule has 7 nitrogen and oxygen atoms in total. The zero-order chi connectivity index (χ0) is 16.6. The van der Waals surface area contributed by atoms with Crippen LogP contribution in [0.3, 0.4) is 0 Å². The lowest BCUT2D eigenvalue weighted by atomic mass is 10.1. The first-order chi connectivity index (χ1) is 10.8. The minimum atomic E-state index is -4.59.